The number of aromatic amines is 1. The van der Waals surface area contributed by atoms with Gasteiger partial charge in [-0.1, -0.05) is 38.5 Å². The van der Waals surface area contributed by atoms with Crippen molar-refractivity contribution in [2.45, 2.75) is 39.2 Å². The fourth-order valence-electron chi connectivity index (χ4n) is 2.52. The van der Waals surface area contributed by atoms with Crippen LogP contribution in [0.25, 0.3) is 10.9 Å². The molecule has 2 aromatic rings. The molecule has 2 rings (SSSR count). The molecule has 0 bridgehead atoms. The van der Waals surface area contributed by atoms with Gasteiger partial charge in [0.05, 0.1) is 12.6 Å². The van der Waals surface area contributed by atoms with E-state index in [0.29, 0.717) is 12.8 Å². The summed E-state index contributed by atoms with van der Waals surface area (Å²) >= 11 is 0. The number of aliphatic hydroxyl groups excluding tert-OH is 1. The van der Waals surface area contributed by atoms with Crippen LogP contribution < -0.4 is 5.32 Å². The predicted molar refractivity (Wildman–Crippen MR) is 85.1 cm³/mol. The van der Waals surface area contributed by atoms with E-state index in [-0.39, 0.29) is 24.5 Å². The number of aliphatic hydroxyl groups is 1. The molecule has 2 unspecified atom stereocenters. The molecule has 1 aromatic heterocycles. The Balaban J connectivity index is 1.92. The highest BCUT2D eigenvalue weighted by Crippen LogP contribution is 2.19. The molecule has 0 aliphatic rings. The molecule has 4 nitrogen and oxygen atoms in total. The summed E-state index contributed by atoms with van der Waals surface area (Å²) in [6, 6.07) is 7.95. The average molecular weight is 288 g/mol. The lowest BCUT2D eigenvalue weighted by Crippen LogP contribution is -2.41. The van der Waals surface area contributed by atoms with Gasteiger partial charge in [0.2, 0.25) is 5.91 Å². The van der Waals surface area contributed by atoms with Gasteiger partial charge >= 0.3 is 0 Å². The summed E-state index contributed by atoms with van der Waals surface area (Å²) in [7, 11) is 0. The van der Waals surface area contributed by atoms with E-state index in [9.17, 15) is 9.90 Å². The number of benzene rings is 1. The quantitative estimate of drug-likeness (QED) is 0.733. The number of carbonyl (C=O) groups excluding carboxylic acids is 1. The molecule has 1 amide bonds. The van der Waals surface area contributed by atoms with E-state index in [1.807, 2.05) is 31.3 Å². The summed E-state index contributed by atoms with van der Waals surface area (Å²) in [4.78, 5) is 15.3. The van der Waals surface area contributed by atoms with Gasteiger partial charge in [-0.25, -0.2) is 0 Å². The molecule has 2 atom stereocenters. The Kier molecular flexibility index (Phi) is 5.39. The van der Waals surface area contributed by atoms with Gasteiger partial charge in [-0.15, -0.1) is 0 Å². The number of aromatic nitrogens is 1. The zero-order valence-corrected chi connectivity index (χ0v) is 12.7. The lowest BCUT2D eigenvalue weighted by molar-refractivity contribution is -0.122. The van der Waals surface area contributed by atoms with Crippen molar-refractivity contribution in [3.05, 3.63) is 36.0 Å². The van der Waals surface area contributed by atoms with Gasteiger partial charge in [0, 0.05) is 23.5 Å². The second-order valence-corrected chi connectivity index (χ2v) is 5.60. The first kappa shape index (κ1) is 15.6. The molecule has 0 aliphatic heterocycles. The number of aryl methyl sites for hydroxylation is 1. The zero-order chi connectivity index (χ0) is 15.2. The van der Waals surface area contributed by atoms with E-state index in [2.05, 4.69) is 23.3 Å². The molecule has 1 aromatic carbocycles. The third-order valence-electron chi connectivity index (χ3n) is 4.17. The van der Waals surface area contributed by atoms with Crippen LogP contribution in [-0.4, -0.2) is 28.6 Å². The normalized spacial score (nSPS) is 14.0. The Morgan fingerprint density at radius 2 is 2.14 bits per heavy atom. The lowest BCUT2D eigenvalue weighted by Gasteiger charge is -2.22. The minimum absolute atomic E-state index is 0.000342. The summed E-state index contributed by atoms with van der Waals surface area (Å²) in [5.41, 5.74) is 2.26. The maximum Gasteiger partial charge on any atom is 0.220 e. The first-order valence-electron chi connectivity index (χ1n) is 7.61. The molecular formula is C17H24N2O2. The largest absolute Gasteiger partial charge is 0.394 e. The second-order valence-electron chi connectivity index (χ2n) is 5.60. The van der Waals surface area contributed by atoms with Gasteiger partial charge in [0.15, 0.2) is 0 Å². The van der Waals surface area contributed by atoms with Crippen LogP contribution in [0.15, 0.2) is 30.5 Å². The monoisotopic (exact) mass is 288 g/mol. The van der Waals surface area contributed by atoms with Crippen LogP contribution >= 0.6 is 0 Å². The van der Waals surface area contributed by atoms with Gasteiger partial charge in [-0.3, -0.25) is 4.79 Å². The molecule has 3 N–H and O–H groups in total. The topological polar surface area (TPSA) is 65.1 Å². The van der Waals surface area contributed by atoms with Crippen LogP contribution in [0.2, 0.25) is 0 Å². The van der Waals surface area contributed by atoms with Crippen molar-refractivity contribution in [3.63, 3.8) is 0 Å². The van der Waals surface area contributed by atoms with Crippen molar-refractivity contribution in [2.24, 2.45) is 5.92 Å². The molecular weight excluding hydrogens is 264 g/mol. The van der Waals surface area contributed by atoms with Crippen LogP contribution in [0.4, 0.5) is 0 Å². The van der Waals surface area contributed by atoms with E-state index in [1.54, 1.807) is 0 Å². The second kappa shape index (κ2) is 7.27. The van der Waals surface area contributed by atoms with Crippen molar-refractivity contribution in [3.8, 4) is 0 Å². The molecule has 0 saturated carbocycles. The van der Waals surface area contributed by atoms with E-state index >= 15 is 0 Å². The first-order chi connectivity index (χ1) is 10.2. The van der Waals surface area contributed by atoms with Crippen molar-refractivity contribution >= 4 is 16.8 Å². The Bertz CT molecular complexity index is 591. The van der Waals surface area contributed by atoms with Gasteiger partial charge in [-0.2, -0.15) is 0 Å². The lowest BCUT2D eigenvalue weighted by atomic mass is 9.99. The van der Waals surface area contributed by atoms with Crippen LogP contribution in [-0.2, 0) is 11.2 Å². The number of amides is 1. The molecule has 1 heterocycles. The smallest absolute Gasteiger partial charge is 0.220 e. The van der Waals surface area contributed by atoms with Gasteiger partial charge in [0.1, 0.15) is 0 Å². The number of hydrogen-bond acceptors (Lipinski definition) is 2. The highest BCUT2D eigenvalue weighted by molar-refractivity contribution is 5.84. The number of H-pyrrole nitrogens is 1. The average Bonchev–Trinajstić information content (AvgIpc) is 2.93. The Labute approximate surface area is 125 Å². The summed E-state index contributed by atoms with van der Waals surface area (Å²) in [5.74, 6) is 0.284. The molecule has 0 fully saturated rings. The maximum atomic E-state index is 12.0. The molecule has 0 aliphatic carbocycles. The molecule has 0 spiro atoms. The zero-order valence-electron chi connectivity index (χ0n) is 12.7. The summed E-state index contributed by atoms with van der Waals surface area (Å²) in [6.45, 7) is 4.10. The Morgan fingerprint density at radius 3 is 2.86 bits per heavy atom. The number of carbonyl (C=O) groups is 1. The SMILES string of the molecule is CCC(C)C(CO)NC(=O)CCc1c[nH]c2ccccc12. The summed E-state index contributed by atoms with van der Waals surface area (Å²) < 4.78 is 0. The number of rotatable bonds is 7. The number of hydrogen-bond donors (Lipinski definition) is 3. The third kappa shape index (κ3) is 3.85. The molecule has 0 radical (unpaired) electrons. The van der Waals surface area contributed by atoms with Crippen LogP contribution in [0.3, 0.4) is 0 Å². The highest BCUT2D eigenvalue weighted by atomic mass is 16.3. The predicted octanol–water partition coefficient (Wildman–Crippen LogP) is 2.62. The fraction of sp³-hybridized carbons (Fsp3) is 0.471. The molecule has 21 heavy (non-hydrogen) atoms. The molecule has 114 valence electrons. The Morgan fingerprint density at radius 1 is 1.38 bits per heavy atom. The minimum Gasteiger partial charge on any atom is -0.394 e. The van der Waals surface area contributed by atoms with Crippen molar-refractivity contribution < 1.29 is 9.90 Å². The van der Waals surface area contributed by atoms with Crippen molar-refractivity contribution in [1.29, 1.82) is 0 Å². The summed E-state index contributed by atoms with van der Waals surface area (Å²) in [5, 5.41) is 13.5. The van der Waals surface area contributed by atoms with E-state index in [1.165, 1.54) is 5.39 Å². The van der Waals surface area contributed by atoms with Gasteiger partial charge in [0.25, 0.3) is 0 Å². The van der Waals surface area contributed by atoms with Crippen molar-refractivity contribution in [1.82, 2.24) is 10.3 Å². The van der Waals surface area contributed by atoms with Gasteiger partial charge < -0.3 is 15.4 Å². The van der Waals surface area contributed by atoms with E-state index < -0.39 is 0 Å². The maximum absolute atomic E-state index is 12.0. The highest BCUT2D eigenvalue weighted by Gasteiger charge is 2.17. The molecule has 4 heteroatoms. The van der Waals surface area contributed by atoms with Crippen LogP contribution in [0, 0.1) is 5.92 Å². The molecule has 0 saturated heterocycles. The fourth-order valence-corrected chi connectivity index (χ4v) is 2.52. The minimum atomic E-state index is -0.148. The number of para-hydroxylation sites is 1. The summed E-state index contributed by atoms with van der Waals surface area (Å²) in [6.07, 6.45) is 4.05. The Hall–Kier alpha value is -1.81. The number of fused-ring (bicyclic) bond motifs is 1. The first-order valence-corrected chi connectivity index (χ1v) is 7.61. The van der Waals surface area contributed by atoms with E-state index in [0.717, 1.165) is 17.5 Å². The van der Waals surface area contributed by atoms with E-state index in [4.69, 9.17) is 0 Å². The van der Waals surface area contributed by atoms with Gasteiger partial charge in [-0.05, 0) is 24.0 Å². The van der Waals surface area contributed by atoms with Crippen LogP contribution in [0.5, 0.6) is 0 Å². The third-order valence-corrected chi connectivity index (χ3v) is 4.17. The standard InChI is InChI=1S/C17H24N2O2/c1-3-12(2)16(11-20)19-17(21)9-8-13-10-18-15-7-5-4-6-14(13)15/h4-7,10,12,16,18,20H,3,8-9,11H2,1-2H3,(H,19,21). The van der Waals surface area contributed by atoms with Crippen LogP contribution in [0.1, 0.15) is 32.3 Å². The van der Waals surface area contributed by atoms with Crippen molar-refractivity contribution in [2.75, 3.05) is 6.61 Å². The number of nitrogens with one attached hydrogen (secondary N) is 2.